The molecule has 2 heterocycles. The van der Waals surface area contributed by atoms with E-state index in [0.717, 1.165) is 5.69 Å². The average Bonchev–Trinajstić information content (AvgIpc) is 2.65. The number of methoxy groups -OCH3 is 1. The Morgan fingerprint density at radius 3 is 2.87 bits per heavy atom. The second kappa shape index (κ2) is 3.95. The molecule has 0 fully saturated rings. The number of anilines is 1. The van der Waals surface area contributed by atoms with Crippen molar-refractivity contribution in [3.05, 3.63) is 30.5 Å². The maximum atomic E-state index is 5.55. The molecule has 2 aromatic rings. The van der Waals surface area contributed by atoms with Gasteiger partial charge in [-0.3, -0.25) is 9.67 Å². The number of rotatable bonds is 3. The quantitative estimate of drug-likeness (QED) is 0.780. The van der Waals surface area contributed by atoms with Gasteiger partial charge < -0.3 is 10.5 Å². The van der Waals surface area contributed by atoms with Crippen LogP contribution in [0.2, 0.25) is 0 Å². The molecule has 0 spiro atoms. The van der Waals surface area contributed by atoms with Crippen LogP contribution in [-0.2, 0) is 6.54 Å². The van der Waals surface area contributed by atoms with Gasteiger partial charge in [0.05, 0.1) is 25.5 Å². The van der Waals surface area contributed by atoms with Crippen molar-refractivity contribution in [1.82, 2.24) is 19.7 Å². The molecule has 0 aliphatic carbocycles. The fourth-order valence-corrected chi connectivity index (χ4v) is 1.25. The summed E-state index contributed by atoms with van der Waals surface area (Å²) in [6.07, 6.45) is 6.52. The lowest BCUT2D eigenvalue weighted by Gasteiger charge is -2.05. The van der Waals surface area contributed by atoms with Gasteiger partial charge in [-0.15, -0.1) is 0 Å². The van der Waals surface area contributed by atoms with E-state index in [-0.39, 0.29) is 0 Å². The van der Waals surface area contributed by atoms with Crippen LogP contribution in [0.1, 0.15) is 5.69 Å². The third kappa shape index (κ3) is 2.04. The highest BCUT2D eigenvalue weighted by atomic mass is 16.5. The van der Waals surface area contributed by atoms with E-state index in [2.05, 4.69) is 15.1 Å². The highest BCUT2D eigenvalue weighted by Gasteiger charge is 2.06. The Bertz CT molecular complexity index is 453. The van der Waals surface area contributed by atoms with Crippen LogP contribution in [0, 0.1) is 0 Å². The summed E-state index contributed by atoms with van der Waals surface area (Å²) in [5.74, 6) is 0.506. The molecular formula is C9H11N5O. The second-order valence-electron chi connectivity index (χ2n) is 2.98. The van der Waals surface area contributed by atoms with E-state index in [1.54, 1.807) is 36.6 Å². The van der Waals surface area contributed by atoms with Crippen molar-refractivity contribution in [1.29, 1.82) is 0 Å². The largest absolute Gasteiger partial charge is 0.480 e. The van der Waals surface area contributed by atoms with Crippen LogP contribution in [0.4, 0.5) is 5.69 Å². The first-order valence-electron chi connectivity index (χ1n) is 4.41. The summed E-state index contributed by atoms with van der Waals surface area (Å²) >= 11 is 0. The van der Waals surface area contributed by atoms with Crippen LogP contribution < -0.4 is 10.5 Å². The summed E-state index contributed by atoms with van der Waals surface area (Å²) in [6.45, 7) is 0.494. The summed E-state index contributed by atoms with van der Waals surface area (Å²) in [5, 5.41) is 4.05. The number of nitrogen functional groups attached to an aromatic ring is 1. The molecule has 0 bridgehead atoms. The van der Waals surface area contributed by atoms with Crippen molar-refractivity contribution in [2.45, 2.75) is 6.54 Å². The van der Waals surface area contributed by atoms with E-state index in [0.29, 0.717) is 18.1 Å². The predicted molar refractivity (Wildman–Crippen MR) is 54.3 cm³/mol. The van der Waals surface area contributed by atoms with Crippen LogP contribution in [0.25, 0.3) is 0 Å². The summed E-state index contributed by atoms with van der Waals surface area (Å²) < 4.78 is 6.76. The van der Waals surface area contributed by atoms with Crippen LogP contribution >= 0.6 is 0 Å². The Morgan fingerprint density at radius 2 is 2.20 bits per heavy atom. The number of ether oxygens (including phenoxy) is 1. The highest BCUT2D eigenvalue weighted by Crippen LogP contribution is 2.12. The van der Waals surface area contributed by atoms with Gasteiger partial charge in [-0.25, -0.2) is 4.98 Å². The molecule has 6 heteroatoms. The molecule has 78 valence electrons. The maximum Gasteiger partial charge on any atom is 0.237 e. The van der Waals surface area contributed by atoms with Crippen molar-refractivity contribution in [3.8, 4) is 5.88 Å². The molecular weight excluding hydrogens is 194 g/mol. The van der Waals surface area contributed by atoms with E-state index < -0.39 is 0 Å². The van der Waals surface area contributed by atoms with Gasteiger partial charge in [0, 0.05) is 18.6 Å². The molecule has 0 radical (unpaired) electrons. The van der Waals surface area contributed by atoms with Crippen LogP contribution in [0.15, 0.2) is 24.8 Å². The normalized spacial score (nSPS) is 10.2. The second-order valence-corrected chi connectivity index (χ2v) is 2.98. The minimum atomic E-state index is 0.494. The Morgan fingerprint density at radius 1 is 1.40 bits per heavy atom. The number of hydrogen-bond donors (Lipinski definition) is 1. The summed E-state index contributed by atoms with van der Waals surface area (Å²) in [6, 6.07) is 0. The number of nitrogens with two attached hydrogens (primary N) is 1. The smallest absolute Gasteiger partial charge is 0.237 e. The molecule has 0 atom stereocenters. The molecule has 2 N–H and O–H groups in total. The van der Waals surface area contributed by atoms with Crippen molar-refractivity contribution >= 4 is 5.69 Å². The first-order chi connectivity index (χ1) is 7.29. The summed E-state index contributed by atoms with van der Waals surface area (Å²) in [4.78, 5) is 8.21. The number of nitrogens with zero attached hydrogens (tertiary/aromatic N) is 4. The number of hydrogen-bond acceptors (Lipinski definition) is 5. The van der Waals surface area contributed by atoms with Crippen molar-refractivity contribution in [2.75, 3.05) is 12.8 Å². The van der Waals surface area contributed by atoms with E-state index in [4.69, 9.17) is 10.5 Å². The zero-order chi connectivity index (χ0) is 10.7. The summed E-state index contributed by atoms with van der Waals surface area (Å²) in [5.41, 5.74) is 6.90. The fourth-order valence-electron chi connectivity index (χ4n) is 1.25. The van der Waals surface area contributed by atoms with Gasteiger partial charge in [0.15, 0.2) is 0 Å². The number of aromatic nitrogens is 4. The molecule has 0 amide bonds. The molecule has 0 unspecified atom stereocenters. The third-order valence-electron chi connectivity index (χ3n) is 1.89. The van der Waals surface area contributed by atoms with Gasteiger partial charge in [-0.2, -0.15) is 5.10 Å². The molecule has 2 rings (SSSR count). The molecule has 15 heavy (non-hydrogen) atoms. The molecule has 0 saturated heterocycles. The Kier molecular flexibility index (Phi) is 2.49. The molecule has 0 saturated carbocycles. The van der Waals surface area contributed by atoms with E-state index in [1.807, 2.05) is 0 Å². The van der Waals surface area contributed by atoms with Gasteiger partial charge in [-0.1, -0.05) is 0 Å². The topological polar surface area (TPSA) is 78.9 Å². The minimum Gasteiger partial charge on any atom is -0.480 e. The molecule has 2 aromatic heterocycles. The van der Waals surface area contributed by atoms with Gasteiger partial charge in [0.2, 0.25) is 5.88 Å². The molecule has 0 aliphatic rings. The van der Waals surface area contributed by atoms with Crippen molar-refractivity contribution in [2.24, 2.45) is 0 Å². The van der Waals surface area contributed by atoms with Gasteiger partial charge in [-0.05, 0) is 0 Å². The average molecular weight is 205 g/mol. The lowest BCUT2D eigenvalue weighted by Crippen LogP contribution is -2.05. The van der Waals surface area contributed by atoms with E-state index in [9.17, 15) is 0 Å². The van der Waals surface area contributed by atoms with Crippen LogP contribution in [0.5, 0.6) is 5.88 Å². The SMILES string of the molecule is COc1nccnc1Cn1cc(N)cn1. The third-order valence-corrected chi connectivity index (χ3v) is 1.89. The highest BCUT2D eigenvalue weighted by molar-refractivity contribution is 5.31. The maximum absolute atomic E-state index is 5.55. The molecule has 0 aliphatic heterocycles. The Hall–Kier alpha value is -2.11. The van der Waals surface area contributed by atoms with Crippen molar-refractivity contribution < 1.29 is 4.74 Å². The van der Waals surface area contributed by atoms with E-state index >= 15 is 0 Å². The zero-order valence-electron chi connectivity index (χ0n) is 8.29. The fraction of sp³-hybridized carbons (Fsp3) is 0.222. The van der Waals surface area contributed by atoms with Gasteiger partial charge in [0.1, 0.15) is 5.69 Å². The lowest BCUT2D eigenvalue weighted by atomic mass is 10.4. The van der Waals surface area contributed by atoms with Gasteiger partial charge >= 0.3 is 0 Å². The predicted octanol–water partition coefficient (Wildman–Crippen LogP) is 0.312. The van der Waals surface area contributed by atoms with Crippen molar-refractivity contribution in [3.63, 3.8) is 0 Å². The van der Waals surface area contributed by atoms with Gasteiger partial charge in [0.25, 0.3) is 0 Å². The standard InChI is InChI=1S/C9H11N5O/c1-15-9-8(11-2-3-12-9)6-14-5-7(10)4-13-14/h2-5H,6,10H2,1H3. The molecule has 6 nitrogen and oxygen atoms in total. The first-order valence-corrected chi connectivity index (χ1v) is 4.41. The Labute approximate surface area is 86.7 Å². The van der Waals surface area contributed by atoms with Crippen LogP contribution in [0.3, 0.4) is 0 Å². The first kappa shape index (κ1) is 9.45. The minimum absolute atomic E-state index is 0.494. The zero-order valence-corrected chi connectivity index (χ0v) is 8.29. The lowest BCUT2D eigenvalue weighted by molar-refractivity contribution is 0.386. The van der Waals surface area contributed by atoms with E-state index in [1.165, 1.54) is 0 Å². The molecule has 0 aromatic carbocycles. The Balaban J connectivity index is 2.23. The van der Waals surface area contributed by atoms with Crippen LogP contribution in [-0.4, -0.2) is 26.9 Å². The monoisotopic (exact) mass is 205 g/mol. The summed E-state index contributed by atoms with van der Waals surface area (Å²) in [7, 11) is 1.56.